The van der Waals surface area contributed by atoms with E-state index in [0.717, 1.165) is 5.82 Å². The Balaban J connectivity index is 2.08. The van der Waals surface area contributed by atoms with Crippen LogP contribution in [0.3, 0.4) is 0 Å². The normalized spacial score (nSPS) is 18.7. The minimum atomic E-state index is -0.710. The van der Waals surface area contributed by atoms with Crippen LogP contribution in [0.1, 0.15) is 18.7 Å². The van der Waals surface area contributed by atoms with Gasteiger partial charge < -0.3 is 14.7 Å². The predicted octanol–water partition coefficient (Wildman–Crippen LogP) is 1.42. The molecule has 0 aliphatic carbocycles. The van der Waals surface area contributed by atoms with Crippen molar-refractivity contribution in [3.05, 3.63) is 17.0 Å². The lowest BCUT2D eigenvalue weighted by atomic mass is 9.94. The highest BCUT2D eigenvalue weighted by molar-refractivity contribution is 6.29. The van der Waals surface area contributed by atoms with Crippen molar-refractivity contribution < 1.29 is 9.84 Å². The molecule has 1 fully saturated rings. The largest absolute Gasteiger partial charge is 0.388 e. The van der Waals surface area contributed by atoms with Gasteiger partial charge in [-0.3, -0.25) is 0 Å². The summed E-state index contributed by atoms with van der Waals surface area (Å²) in [5.41, 5.74) is -0.710. The molecule has 18 heavy (non-hydrogen) atoms. The van der Waals surface area contributed by atoms with Gasteiger partial charge in [0.2, 0.25) is 0 Å². The number of nitrogens with zero attached hydrogens (tertiary/aromatic N) is 3. The first kappa shape index (κ1) is 13.5. The molecule has 0 spiro atoms. The van der Waals surface area contributed by atoms with E-state index >= 15 is 0 Å². The summed E-state index contributed by atoms with van der Waals surface area (Å²) in [6, 6.07) is 1.71. The van der Waals surface area contributed by atoms with Crippen LogP contribution in [0.2, 0.25) is 5.15 Å². The van der Waals surface area contributed by atoms with Gasteiger partial charge in [-0.2, -0.15) is 0 Å². The lowest BCUT2D eigenvalue weighted by molar-refractivity contribution is -0.0573. The standard InChI is InChI=1S/C12H18ClN3O2/c1-9-14-10(13)7-11(15-9)16(2)8-12(17)3-5-18-6-4-12/h7,17H,3-6,8H2,1-2H3. The number of halogens is 1. The molecule has 6 heteroatoms. The molecule has 1 aliphatic rings. The van der Waals surface area contributed by atoms with Crippen molar-refractivity contribution >= 4 is 17.4 Å². The van der Waals surface area contributed by atoms with Crippen LogP contribution in [0, 0.1) is 6.92 Å². The molecule has 2 rings (SSSR count). The van der Waals surface area contributed by atoms with E-state index in [4.69, 9.17) is 16.3 Å². The second-order valence-electron chi connectivity index (χ2n) is 4.79. The Morgan fingerprint density at radius 3 is 2.72 bits per heavy atom. The van der Waals surface area contributed by atoms with Crippen LogP contribution in [0.25, 0.3) is 0 Å². The molecular formula is C12H18ClN3O2. The smallest absolute Gasteiger partial charge is 0.134 e. The molecule has 2 heterocycles. The van der Waals surface area contributed by atoms with Crippen LogP contribution in [0.4, 0.5) is 5.82 Å². The Morgan fingerprint density at radius 1 is 1.44 bits per heavy atom. The molecule has 5 nitrogen and oxygen atoms in total. The van der Waals surface area contributed by atoms with Crippen LogP contribution >= 0.6 is 11.6 Å². The third kappa shape index (κ3) is 3.31. The maximum absolute atomic E-state index is 10.4. The number of rotatable bonds is 3. The van der Waals surface area contributed by atoms with Crippen molar-refractivity contribution in [3.63, 3.8) is 0 Å². The number of likely N-dealkylation sites (N-methyl/N-ethyl adjacent to an activating group) is 1. The third-order valence-corrected chi connectivity index (χ3v) is 3.33. The summed E-state index contributed by atoms with van der Waals surface area (Å²) in [4.78, 5) is 10.3. The third-order valence-electron chi connectivity index (χ3n) is 3.14. The van der Waals surface area contributed by atoms with Gasteiger partial charge in [-0.25, -0.2) is 9.97 Å². The summed E-state index contributed by atoms with van der Waals surface area (Å²) in [6.07, 6.45) is 1.30. The van der Waals surface area contributed by atoms with Crippen molar-refractivity contribution in [1.82, 2.24) is 9.97 Å². The van der Waals surface area contributed by atoms with E-state index in [-0.39, 0.29) is 0 Å². The fraction of sp³-hybridized carbons (Fsp3) is 0.667. The molecule has 1 N–H and O–H groups in total. The zero-order valence-electron chi connectivity index (χ0n) is 10.7. The van der Waals surface area contributed by atoms with E-state index in [1.165, 1.54) is 0 Å². The lowest BCUT2D eigenvalue weighted by Crippen LogP contribution is -2.46. The van der Waals surface area contributed by atoms with Gasteiger partial charge in [0.25, 0.3) is 0 Å². The average molecular weight is 272 g/mol. The Hall–Kier alpha value is -0.910. The summed E-state index contributed by atoms with van der Waals surface area (Å²) in [5.74, 6) is 1.36. The fourth-order valence-corrected chi connectivity index (χ4v) is 2.36. The van der Waals surface area contributed by atoms with Gasteiger partial charge >= 0.3 is 0 Å². The number of aromatic nitrogens is 2. The topological polar surface area (TPSA) is 58.5 Å². The molecule has 1 aliphatic heterocycles. The van der Waals surface area contributed by atoms with E-state index in [1.807, 2.05) is 11.9 Å². The quantitative estimate of drug-likeness (QED) is 0.843. The van der Waals surface area contributed by atoms with E-state index in [2.05, 4.69) is 9.97 Å². The van der Waals surface area contributed by atoms with Gasteiger partial charge in [0.15, 0.2) is 0 Å². The molecule has 0 unspecified atom stereocenters. The summed E-state index contributed by atoms with van der Waals surface area (Å²) in [6.45, 7) is 3.53. The predicted molar refractivity (Wildman–Crippen MR) is 70.1 cm³/mol. The molecule has 0 aromatic carbocycles. The van der Waals surface area contributed by atoms with Crippen molar-refractivity contribution in [3.8, 4) is 0 Å². The van der Waals surface area contributed by atoms with Crippen LogP contribution in [0.15, 0.2) is 6.07 Å². The zero-order valence-corrected chi connectivity index (χ0v) is 11.4. The van der Waals surface area contributed by atoms with E-state index in [1.54, 1.807) is 13.0 Å². The van der Waals surface area contributed by atoms with Crippen molar-refractivity contribution in [2.75, 3.05) is 31.7 Å². The number of hydrogen-bond donors (Lipinski definition) is 1. The van der Waals surface area contributed by atoms with Gasteiger partial charge in [0, 0.05) is 45.7 Å². The first-order chi connectivity index (χ1) is 8.48. The molecule has 100 valence electrons. The van der Waals surface area contributed by atoms with Crippen LogP contribution in [-0.4, -0.2) is 47.5 Å². The van der Waals surface area contributed by atoms with E-state index in [0.29, 0.717) is 43.6 Å². The van der Waals surface area contributed by atoms with Gasteiger partial charge in [0.1, 0.15) is 16.8 Å². The summed E-state index contributed by atoms with van der Waals surface area (Å²) in [5, 5.41) is 10.9. The van der Waals surface area contributed by atoms with Crippen molar-refractivity contribution in [2.24, 2.45) is 0 Å². The number of ether oxygens (including phenoxy) is 1. The highest BCUT2D eigenvalue weighted by Crippen LogP contribution is 2.24. The summed E-state index contributed by atoms with van der Waals surface area (Å²) < 4.78 is 5.27. The molecule has 0 bridgehead atoms. The molecule has 0 saturated carbocycles. The first-order valence-electron chi connectivity index (χ1n) is 6.01. The SMILES string of the molecule is Cc1nc(Cl)cc(N(C)CC2(O)CCOCC2)n1. The van der Waals surface area contributed by atoms with E-state index in [9.17, 15) is 5.11 Å². The van der Waals surface area contributed by atoms with Crippen molar-refractivity contribution in [2.45, 2.75) is 25.4 Å². The number of anilines is 1. The molecule has 0 radical (unpaired) electrons. The Kier molecular flexibility index (Phi) is 4.04. The monoisotopic (exact) mass is 271 g/mol. The molecule has 1 aromatic rings. The van der Waals surface area contributed by atoms with Gasteiger partial charge in [-0.05, 0) is 6.92 Å². The highest BCUT2D eigenvalue weighted by Gasteiger charge is 2.31. The summed E-state index contributed by atoms with van der Waals surface area (Å²) >= 11 is 5.91. The zero-order chi connectivity index (χ0) is 13.2. The molecule has 1 aromatic heterocycles. The molecule has 0 atom stereocenters. The number of aryl methyl sites for hydroxylation is 1. The van der Waals surface area contributed by atoms with Gasteiger partial charge in [0.05, 0.1) is 5.60 Å². The maximum atomic E-state index is 10.4. The first-order valence-corrected chi connectivity index (χ1v) is 6.39. The van der Waals surface area contributed by atoms with Crippen molar-refractivity contribution in [1.29, 1.82) is 0 Å². The average Bonchev–Trinajstić information content (AvgIpc) is 2.28. The number of hydrogen-bond acceptors (Lipinski definition) is 5. The second kappa shape index (κ2) is 5.38. The van der Waals surface area contributed by atoms with E-state index < -0.39 is 5.60 Å². The fourth-order valence-electron chi connectivity index (χ4n) is 2.14. The minimum absolute atomic E-state index is 0.420. The van der Waals surface area contributed by atoms with Gasteiger partial charge in [-0.15, -0.1) is 0 Å². The minimum Gasteiger partial charge on any atom is -0.388 e. The Morgan fingerprint density at radius 2 is 2.11 bits per heavy atom. The van der Waals surface area contributed by atoms with Crippen LogP contribution in [0.5, 0.6) is 0 Å². The molecular weight excluding hydrogens is 254 g/mol. The van der Waals surface area contributed by atoms with Crippen LogP contribution in [-0.2, 0) is 4.74 Å². The van der Waals surface area contributed by atoms with Gasteiger partial charge in [-0.1, -0.05) is 11.6 Å². The maximum Gasteiger partial charge on any atom is 0.134 e. The van der Waals surface area contributed by atoms with Crippen LogP contribution < -0.4 is 4.90 Å². The lowest BCUT2D eigenvalue weighted by Gasteiger charge is -2.35. The highest BCUT2D eigenvalue weighted by atomic mass is 35.5. The molecule has 1 saturated heterocycles. The second-order valence-corrected chi connectivity index (χ2v) is 5.18. The summed E-state index contributed by atoms with van der Waals surface area (Å²) in [7, 11) is 1.89. The Bertz CT molecular complexity index is 402. The number of aliphatic hydroxyl groups is 1. The molecule has 0 amide bonds. The Labute approximate surface area is 112 Å².